The first-order chi connectivity index (χ1) is 9.71. The third-order valence-corrected chi connectivity index (χ3v) is 3.32. The highest BCUT2D eigenvalue weighted by Crippen LogP contribution is 2.32. The van der Waals surface area contributed by atoms with Gasteiger partial charge in [0.25, 0.3) is 0 Å². The van der Waals surface area contributed by atoms with Crippen LogP contribution in [0.25, 0.3) is 22.3 Å². The van der Waals surface area contributed by atoms with Crippen LogP contribution in [0.15, 0.2) is 46.9 Å². The number of carbonyl (C=O) groups is 1. The minimum Gasteiger partial charge on any atom is -0.497 e. The molecule has 0 bridgehead atoms. The number of rotatable bonds is 3. The van der Waals surface area contributed by atoms with Crippen LogP contribution in [0, 0.1) is 6.92 Å². The number of ether oxygens (including phenoxy) is 1. The predicted molar refractivity (Wildman–Crippen MR) is 78.3 cm³/mol. The maximum atomic E-state index is 11.2. The van der Waals surface area contributed by atoms with E-state index in [2.05, 4.69) is 0 Å². The Morgan fingerprint density at radius 1 is 1.10 bits per heavy atom. The summed E-state index contributed by atoms with van der Waals surface area (Å²) in [6.07, 6.45) is 0.850. The lowest BCUT2D eigenvalue weighted by Gasteiger charge is -2.02. The Balaban J connectivity index is 2.19. The lowest BCUT2D eigenvalue weighted by molar-refractivity contribution is 0.112. The molecule has 3 heteroatoms. The summed E-state index contributed by atoms with van der Waals surface area (Å²) in [7, 11) is 1.63. The van der Waals surface area contributed by atoms with Gasteiger partial charge in [-0.3, -0.25) is 4.79 Å². The van der Waals surface area contributed by atoms with Crippen LogP contribution in [-0.4, -0.2) is 13.4 Å². The normalized spacial score (nSPS) is 10.7. The van der Waals surface area contributed by atoms with E-state index < -0.39 is 0 Å². The zero-order valence-corrected chi connectivity index (χ0v) is 11.3. The molecule has 0 radical (unpaired) electrons. The van der Waals surface area contributed by atoms with Crippen LogP contribution in [-0.2, 0) is 0 Å². The van der Waals surface area contributed by atoms with Crippen molar-refractivity contribution in [3.05, 3.63) is 53.6 Å². The van der Waals surface area contributed by atoms with Gasteiger partial charge in [0.2, 0.25) is 0 Å². The highest BCUT2D eigenvalue weighted by atomic mass is 16.5. The lowest BCUT2D eigenvalue weighted by Crippen LogP contribution is -1.87. The molecule has 0 saturated heterocycles. The average molecular weight is 266 g/mol. The van der Waals surface area contributed by atoms with Crippen molar-refractivity contribution in [1.29, 1.82) is 0 Å². The molecule has 1 heterocycles. The Kier molecular flexibility index (Phi) is 3.03. The Hall–Kier alpha value is -2.55. The van der Waals surface area contributed by atoms with E-state index in [0.29, 0.717) is 11.3 Å². The number of aryl methyl sites for hydroxylation is 1. The summed E-state index contributed by atoms with van der Waals surface area (Å²) in [5.74, 6) is 1.48. The van der Waals surface area contributed by atoms with Gasteiger partial charge in [-0.05, 0) is 37.3 Å². The van der Waals surface area contributed by atoms with Crippen molar-refractivity contribution < 1.29 is 13.9 Å². The fourth-order valence-corrected chi connectivity index (χ4v) is 2.27. The molecule has 0 saturated carbocycles. The highest BCUT2D eigenvalue weighted by Gasteiger charge is 2.11. The highest BCUT2D eigenvalue weighted by molar-refractivity contribution is 5.90. The summed E-state index contributed by atoms with van der Waals surface area (Å²) in [6, 6.07) is 13.3. The molecule has 3 aromatic rings. The van der Waals surface area contributed by atoms with Crippen LogP contribution in [0.5, 0.6) is 5.75 Å². The Bertz CT molecular complexity index is 784. The van der Waals surface area contributed by atoms with E-state index in [1.807, 2.05) is 49.4 Å². The van der Waals surface area contributed by atoms with E-state index in [9.17, 15) is 4.79 Å². The summed E-state index contributed by atoms with van der Waals surface area (Å²) < 4.78 is 11.0. The van der Waals surface area contributed by atoms with Crippen molar-refractivity contribution in [3.8, 4) is 17.1 Å². The minimum atomic E-state index is 0.627. The van der Waals surface area contributed by atoms with Gasteiger partial charge in [-0.25, -0.2) is 0 Å². The number of hydrogen-bond acceptors (Lipinski definition) is 3. The summed E-state index contributed by atoms with van der Waals surface area (Å²) >= 11 is 0. The largest absolute Gasteiger partial charge is 0.497 e. The van der Waals surface area contributed by atoms with Gasteiger partial charge in [0, 0.05) is 16.5 Å². The van der Waals surface area contributed by atoms with Gasteiger partial charge >= 0.3 is 0 Å². The van der Waals surface area contributed by atoms with Crippen LogP contribution in [0.1, 0.15) is 15.9 Å². The van der Waals surface area contributed by atoms with Crippen molar-refractivity contribution in [1.82, 2.24) is 0 Å². The van der Waals surface area contributed by atoms with Crippen molar-refractivity contribution in [2.45, 2.75) is 6.92 Å². The SMILES string of the molecule is COc1ccc2oc(-c3cc(C)ccc3C=O)cc2c1. The number of methoxy groups -OCH3 is 1. The van der Waals surface area contributed by atoms with E-state index in [-0.39, 0.29) is 0 Å². The van der Waals surface area contributed by atoms with Crippen molar-refractivity contribution >= 4 is 17.3 Å². The molecule has 0 fully saturated rings. The van der Waals surface area contributed by atoms with Gasteiger partial charge in [-0.15, -0.1) is 0 Å². The second-order valence-electron chi connectivity index (χ2n) is 4.72. The van der Waals surface area contributed by atoms with Crippen molar-refractivity contribution in [2.24, 2.45) is 0 Å². The molecule has 0 N–H and O–H groups in total. The number of benzene rings is 2. The molecule has 0 spiro atoms. The Morgan fingerprint density at radius 3 is 2.70 bits per heavy atom. The van der Waals surface area contributed by atoms with Gasteiger partial charge in [-0.2, -0.15) is 0 Å². The molecule has 2 aromatic carbocycles. The number of hydrogen-bond donors (Lipinski definition) is 0. The van der Waals surface area contributed by atoms with Crippen LogP contribution in [0.3, 0.4) is 0 Å². The number of carbonyl (C=O) groups excluding carboxylic acids is 1. The van der Waals surface area contributed by atoms with E-state index >= 15 is 0 Å². The topological polar surface area (TPSA) is 39.4 Å². The molecule has 0 aliphatic heterocycles. The van der Waals surface area contributed by atoms with E-state index in [4.69, 9.17) is 9.15 Å². The minimum absolute atomic E-state index is 0.627. The molecule has 100 valence electrons. The standard InChI is InChI=1S/C17H14O3/c1-11-3-4-12(10-18)15(7-11)17-9-13-8-14(19-2)5-6-16(13)20-17/h3-10H,1-2H3. The monoisotopic (exact) mass is 266 g/mol. The molecule has 0 unspecified atom stereocenters. The van der Waals surface area contributed by atoms with Gasteiger partial charge in [-0.1, -0.05) is 17.7 Å². The second-order valence-corrected chi connectivity index (χ2v) is 4.72. The van der Waals surface area contributed by atoms with Crippen LogP contribution in [0.4, 0.5) is 0 Å². The lowest BCUT2D eigenvalue weighted by atomic mass is 10.0. The van der Waals surface area contributed by atoms with E-state index in [1.54, 1.807) is 7.11 Å². The van der Waals surface area contributed by atoms with Crippen molar-refractivity contribution in [2.75, 3.05) is 7.11 Å². The van der Waals surface area contributed by atoms with E-state index in [1.165, 1.54) is 0 Å². The van der Waals surface area contributed by atoms with Gasteiger partial charge in [0.1, 0.15) is 17.1 Å². The van der Waals surface area contributed by atoms with Gasteiger partial charge < -0.3 is 9.15 Å². The zero-order chi connectivity index (χ0) is 14.1. The second kappa shape index (κ2) is 4.85. The molecule has 1 aromatic heterocycles. The number of furan rings is 1. The first kappa shape index (κ1) is 12.5. The maximum absolute atomic E-state index is 11.2. The summed E-state index contributed by atoms with van der Waals surface area (Å²) in [5.41, 5.74) is 3.31. The molecular formula is C17H14O3. The molecule has 3 rings (SSSR count). The smallest absolute Gasteiger partial charge is 0.150 e. The molecule has 20 heavy (non-hydrogen) atoms. The average Bonchev–Trinajstić information content (AvgIpc) is 2.89. The molecule has 0 aliphatic carbocycles. The first-order valence-electron chi connectivity index (χ1n) is 6.35. The fourth-order valence-electron chi connectivity index (χ4n) is 2.27. The van der Waals surface area contributed by atoms with Crippen LogP contribution < -0.4 is 4.74 Å². The van der Waals surface area contributed by atoms with E-state index in [0.717, 1.165) is 34.1 Å². The first-order valence-corrected chi connectivity index (χ1v) is 6.35. The predicted octanol–water partition coefficient (Wildman–Crippen LogP) is 4.23. The zero-order valence-electron chi connectivity index (χ0n) is 11.3. The third-order valence-electron chi connectivity index (χ3n) is 3.32. The fraction of sp³-hybridized carbons (Fsp3) is 0.118. The molecule has 3 nitrogen and oxygen atoms in total. The Morgan fingerprint density at radius 2 is 1.95 bits per heavy atom. The van der Waals surface area contributed by atoms with Crippen LogP contribution in [0.2, 0.25) is 0 Å². The third kappa shape index (κ3) is 2.07. The quantitative estimate of drug-likeness (QED) is 0.666. The van der Waals surface area contributed by atoms with Gasteiger partial charge in [0.15, 0.2) is 6.29 Å². The summed E-state index contributed by atoms with van der Waals surface area (Å²) in [5, 5.41) is 0.956. The van der Waals surface area contributed by atoms with Crippen LogP contribution >= 0.6 is 0 Å². The molecule has 0 aliphatic rings. The van der Waals surface area contributed by atoms with Crippen molar-refractivity contribution in [3.63, 3.8) is 0 Å². The molecule has 0 amide bonds. The summed E-state index contributed by atoms with van der Waals surface area (Å²) in [4.78, 5) is 11.2. The molecular weight excluding hydrogens is 252 g/mol. The Labute approximate surface area is 116 Å². The number of fused-ring (bicyclic) bond motifs is 1. The van der Waals surface area contributed by atoms with Gasteiger partial charge in [0.05, 0.1) is 7.11 Å². The molecule has 0 atom stereocenters. The number of aldehydes is 1. The maximum Gasteiger partial charge on any atom is 0.150 e. The summed E-state index contributed by atoms with van der Waals surface area (Å²) in [6.45, 7) is 1.99.